The molecule has 1 saturated heterocycles. The van der Waals surface area contributed by atoms with Crippen LogP contribution in [-0.2, 0) is 14.3 Å². The highest BCUT2D eigenvalue weighted by atomic mass is 32.1. The van der Waals surface area contributed by atoms with Gasteiger partial charge >= 0.3 is 0 Å². The SMILES string of the molecule is CC1=CC[C@H](C(=O)N(c2[c-]sc(C#CC(C)(C)C)c2)C2CCC([O-])(CO[C@H]3CCOC3)CC2)CC1. The van der Waals surface area contributed by atoms with E-state index in [9.17, 15) is 9.90 Å². The number of amides is 1. The molecule has 2 fully saturated rings. The predicted octanol–water partition coefficient (Wildman–Crippen LogP) is 4.87. The molecule has 0 unspecified atom stereocenters. The molecular weight excluding hydrogens is 458 g/mol. The summed E-state index contributed by atoms with van der Waals surface area (Å²) in [6.45, 7) is 9.94. The fraction of sp³-hybridized carbons (Fsp3) is 0.690. The monoisotopic (exact) mass is 497 g/mol. The maximum atomic E-state index is 13.8. The van der Waals surface area contributed by atoms with Gasteiger partial charge in [-0.3, -0.25) is 16.1 Å². The second-order valence-corrected chi connectivity index (χ2v) is 12.4. The molecule has 1 aromatic heterocycles. The first-order valence-corrected chi connectivity index (χ1v) is 13.9. The number of allylic oxidation sites excluding steroid dienone is 2. The first kappa shape index (κ1) is 26.4. The van der Waals surface area contributed by atoms with E-state index in [1.807, 2.05) is 11.0 Å². The summed E-state index contributed by atoms with van der Waals surface area (Å²) in [7, 11) is 0. The first-order valence-electron chi connectivity index (χ1n) is 13.1. The van der Waals surface area contributed by atoms with E-state index in [1.165, 1.54) is 16.9 Å². The number of hydrogen-bond acceptors (Lipinski definition) is 5. The van der Waals surface area contributed by atoms with Gasteiger partial charge in [0.25, 0.3) is 0 Å². The molecule has 1 aromatic rings. The molecule has 0 radical (unpaired) electrons. The van der Waals surface area contributed by atoms with E-state index >= 15 is 0 Å². The Morgan fingerprint density at radius 1 is 1.31 bits per heavy atom. The zero-order valence-electron chi connectivity index (χ0n) is 21.7. The highest BCUT2D eigenvalue weighted by Gasteiger charge is 2.35. The lowest BCUT2D eigenvalue weighted by Crippen LogP contribution is -2.55. The van der Waals surface area contributed by atoms with Crippen molar-refractivity contribution in [2.45, 2.75) is 96.8 Å². The Labute approximate surface area is 214 Å². The van der Waals surface area contributed by atoms with Gasteiger partial charge < -0.3 is 19.5 Å². The molecule has 1 saturated carbocycles. The van der Waals surface area contributed by atoms with Crippen molar-refractivity contribution in [3.8, 4) is 11.8 Å². The van der Waals surface area contributed by atoms with Crippen LogP contribution in [0.4, 0.5) is 5.69 Å². The van der Waals surface area contributed by atoms with Crippen LogP contribution in [0.3, 0.4) is 0 Å². The summed E-state index contributed by atoms with van der Waals surface area (Å²) >= 11 is 1.47. The fourth-order valence-electron chi connectivity index (χ4n) is 5.05. The summed E-state index contributed by atoms with van der Waals surface area (Å²) in [6.07, 6.45) is 8.16. The smallest absolute Gasteiger partial charge is 0.228 e. The number of nitrogens with zero attached hydrogens (tertiary/aromatic N) is 1. The lowest BCUT2D eigenvalue weighted by atomic mass is 9.81. The molecule has 2 aliphatic carbocycles. The fourth-order valence-corrected chi connectivity index (χ4v) is 5.69. The third kappa shape index (κ3) is 7.20. The van der Waals surface area contributed by atoms with Crippen LogP contribution < -0.4 is 10.0 Å². The van der Waals surface area contributed by atoms with Crippen molar-refractivity contribution in [3.05, 3.63) is 28.0 Å². The second kappa shape index (κ2) is 11.2. The number of carbonyl (C=O) groups is 1. The third-order valence-corrected chi connectivity index (χ3v) is 8.03. The number of thiophene rings is 1. The Kier molecular flexibility index (Phi) is 8.43. The maximum Gasteiger partial charge on any atom is 0.228 e. The summed E-state index contributed by atoms with van der Waals surface area (Å²) < 4.78 is 11.3. The lowest BCUT2D eigenvalue weighted by molar-refractivity contribution is -0.493. The van der Waals surface area contributed by atoms with Crippen LogP contribution in [0.15, 0.2) is 17.7 Å². The van der Waals surface area contributed by atoms with Crippen molar-refractivity contribution in [1.29, 1.82) is 0 Å². The van der Waals surface area contributed by atoms with Crippen LogP contribution in [0, 0.1) is 28.6 Å². The zero-order valence-corrected chi connectivity index (χ0v) is 22.5. The quantitative estimate of drug-likeness (QED) is 0.320. The minimum atomic E-state index is -1.08. The molecule has 0 bridgehead atoms. The van der Waals surface area contributed by atoms with Gasteiger partial charge in [-0.25, -0.2) is 0 Å². The number of rotatable bonds is 6. The van der Waals surface area contributed by atoms with Crippen LogP contribution in [0.1, 0.15) is 83.9 Å². The molecule has 6 heteroatoms. The van der Waals surface area contributed by atoms with Gasteiger partial charge in [0.15, 0.2) is 0 Å². The number of carbonyl (C=O) groups excluding carboxylic acids is 1. The van der Waals surface area contributed by atoms with Crippen LogP contribution in [0.25, 0.3) is 0 Å². The Hall–Kier alpha value is -1.65. The molecule has 2 atom stereocenters. The average Bonchev–Trinajstić information content (AvgIpc) is 3.50. The lowest BCUT2D eigenvalue weighted by Gasteiger charge is -2.49. The number of hydrogen-bond donors (Lipinski definition) is 0. The van der Waals surface area contributed by atoms with Crippen molar-refractivity contribution < 1.29 is 19.4 Å². The van der Waals surface area contributed by atoms with E-state index in [2.05, 4.69) is 51.0 Å². The third-order valence-electron chi connectivity index (χ3n) is 7.28. The van der Waals surface area contributed by atoms with Crippen LogP contribution in [0.2, 0.25) is 0 Å². The highest BCUT2D eigenvalue weighted by Crippen LogP contribution is 2.36. The van der Waals surface area contributed by atoms with Gasteiger partial charge in [0, 0.05) is 30.6 Å². The molecule has 0 spiro atoms. The maximum absolute atomic E-state index is 13.8. The van der Waals surface area contributed by atoms with Crippen molar-refractivity contribution in [2.75, 3.05) is 24.7 Å². The molecule has 0 aromatic carbocycles. The van der Waals surface area contributed by atoms with Crippen molar-refractivity contribution >= 4 is 22.9 Å². The number of anilines is 1. The van der Waals surface area contributed by atoms with Gasteiger partial charge in [0.05, 0.1) is 12.7 Å². The van der Waals surface area contributed by atoms with E-state index in [-0.39, 0.29) is 36.0 Å². The van der Waals surface area contributed by atoms with Gasteiger partial charge in [-0.15, -0.1) is 11.8 Å². The molecular formula is C29H39NO4S-2. The molecule has 35 heavy (non-hydrogen) atoms. The molecule has 1 amide bonds. The van der Waals surface area contributed by atoms with Gasteiger partial charge in [0.2, 0.25) is 5.91 Å². The van der Waals surface area contributed by atoms with Crippen molar-refractivity contribution in [2.24, 2.45) is 11.3 Å². The normalized spacial score (nSPS) is 29.3. The van der Waals surface area contributed by atoms with E-state index in [0.29, 0.717) is 38.9 Å². The van der Waals surface area contributed by atoms with E-state index in [1.54, 1.807) is 0 Å². The number of ether oxygens (including phenoxy) is 2. The Morgan fingerprint density at radius 2 is 2.09 bits per heavy atom. The zero-order chi connectivity index (χ0) is 25.1. The summed E-state index contributed by atoms with van der Waals surface area (Å²) in [4.78, 5) is 16.7. The van der Waals surface area contributed by atoms with Crippen LogP contribution in [-0.4, -0.2) is 43.5 Å². The van der Waals surface area contributed by atoms with Crippen molar-refractivity contribution in [1.82, 2.24) is 0 Å². The predicted molar refractivity (Wildman–Crippen MR) is 138 cm³/mol. The summed E-state index contributed by atoms with van der Waals surface area (Å²) in [5, 5.41) is 16.7. The van der Waals surface area contributed by atoms with Gasteiger partial charge in [-0.2, -0.15) is 6.07 Å². The minimum absolute atomic E-state index is 0.0132. The minimum Gasteiger partial charge on any atom is -0.848 e. The molecule has 1 aliphatic heterocycles. The molecule has 5 nitrogen and oxygen atoms in total. The first-order chi connectivity index (χ1) is 16.6. The molecule has 4 rings (SSSR count). The second-order valence-electron chi connectivity index (χ2n) is 11.5. The van der Waals surface area contributed by atoms with E-state index in [4.69, 9.17) is 9.47 Å². The Bertz CT molecular complexity index is 965. The molecule has 0 N–H and O–H groups in total. The van der Waals surface area contributed by atoms with E-state index in [0.717, 1.165) is 36.2 Å². The molecule has 3 aliphatic rings. The van der Waals surface area contributed by atoms with Crippen LogP contribution in [0.5, 0.6) is 0 Å². The standard InChI is InChI=1S/C29H39NO4S/c1-21-5-7-22(8-6-21)27(31)30(24-17-26(35-19-24)11-13-28(2,3)4)23-9-14-29(32,15-10-23)20-34-25-12-16-33-18-25/h5,17,22-23,25H,6-10,12,14-16,18,20H2,1-4H3/q-2/t22-,23?,25-,29?/m0/s1. The van der Waals surface area contributed by atoms with Crippen molar-refractivity contribution in [3.63, 3.8) is 0 Å². The largest absolute Gasteiger partial charge is 0.848 e. The topological polar surface area (TPSA) is 61.8 Å². The van der Waals surface area contributed by atoms with E-state index < -0.39 is 5.60 Å². The van der Waals surface area contributed by atoms with Gasteiger partial charge in [-0.05, 0) is 66.2 Å². The molecule has 2 heterocycles. The molecule has 192 valence electrons. The Morgan fingerprint density at radius 3 is 2.71 bits per heavy atom. The van der Waals surface area contributed by atoms with Gasteiger partial charge in [0.1, 0.15) is 0 Å². The average molecular weight is 498 g/mol. The van der Waals surface area contributed by atoms with Gasteiger partial charge in [-0.1, -0.05) is 46.0 Å². The summed E-state index contributed by atoms with van der Waals surface area (Å²) in [6, 6.07) is 2.02. The summed E-state index contributed by atoms with van der Waals surface area (Å²) in [5.41, 5.74) is 1.01. The Balaban J connectivity index is 1.48. The highest BCUT2D eigenvalue weighted by molar-refractivity contribution is 7.10. The van der Waals surface area contributed by atoms with Crippen LogP contribution >= 0.6 is 11.3 Å². The summed E-state index contributed by atoms with van der Waals surface area (Å²) in [5.74, 6) is 6.69.